The first-order valence-corrected chi connectivity index (χ1v) is 14.6. The van der Waals surface area contributed by atoms with E-state index >= 15 is 0 Å². The molecule has 0 unspecified atom stereocenters. The van der Waals surface area contributed by atoms with E-state index in [0.717, 1.165) is 55.3 Å². The molecular weight excluding hydrogens is 540 g/mol. The van der Waals surface area contributed by atoms with Crippen molar-refractivity contribution in [3.05, 3.63) is 166 Å². The van der Waals surface area contributed by atoms with E-state index in [1.54, 1.807) is 26.6 Å². The van der Waals surface area contributed by atoms with Crippen LogP contribution in [-0.4, -0.2) is 24.2 Å². The summed E-state index contributed by atoms with van der Waals surface area (Å²) in [7, 11) is 3.48. The molecule has 210 valence electrons. The van der Waals surface area contributed by atoms with Gasteiger partial charge in [-0.1, -0.05) is 72.8 Å². The van der Waals surface area contributed by atoms with Crippen molar-refractivity contribution in [3.8, 4) is 33.8 Å². The highest BCUT2D eigenvalue weighted by molar-refractivity contribution is 6.31. The van der Waals surface area contributed by atoms with Gasteiger partial charge in [-0.15, -0.1) is 0 Å². The van der Waals surface area contributed by atoms with E-state index in [2.05, 4.69) is 107 Å². The lowest BCUT2D eigenvalue weighted by molar-refractivity contribution is 0.416. The Morgan fingerprint density at radius 1 is 0.409 bits per heavy atom. The van der Waals surface area contributed by atoms with E-state index in [0.29, 0.717) is 0 Å². The van der Waals surface area contributed by atoms with Gasteiger partial charge < -0.3 is 9.47 Å². The second kappa shape index (κ2) is 10.5. The maximum atomic E-state index is 6.05. The van der Waals surface area contributed by atoms with Gasteiger partial charge in [0.2, 0.25) is 0 Å². The first kappa shape index (κ1) is 25.9. The Labute approximate surface area is 255 Å². The molecule has 0 bridgehead atoms. The van der Waals surface area contributed by atoms with E-state index in [-0.39, 0.29) is 0 Å². The number of benzene rings is 4. The Morgan fingerprint density at radius 3 is 1.16 bits per heavy atom. The number of methoxy groups -OCH3 is 2. The van der Waals surface area contributed by atoms with Crippen molar-refractivity contribution in [3.63, 3.8) is 0 Å². The smallest absolute Gasteiger partial charge is 0.127 e. The van der Waals surface area contributed by atoms with Crippen LogP contribution in [0.1, 0.15) is 11.1 Å². The summed E-state index contributed by atoms with van der Waals surface area (Å²) >= 11 is 0. The Hall–Kier alpha value is -5.74. The highest BCUT2D eigenvalue weighted by atomic mass is 16.5. The third kappa shape index (κ3) is 3.99. The summed E-state index contributed by atoms with van der Waals surface area (Å²) < 4.78 is 12.1. The minimum Gasteiger partial charge on any atom is -0.496 e. The number of hydrogen-bond acceptors (Lipinski definition) is 4. The number of fused-ring (bicyclic) bond motifs is 3. The lowest BCUT2D eigenvalue weighted by atomic mass is 9.92. The summed E-state index contributed by atoms with van der Waals surface area (Å²) in [5.74, 6) is 1.63. The van der Waals surface area contributed by atoms with Crippen LogP contribution in [0, 0.1) is 0 Å². The molecule has 0 spiro atoms. The molecule has 8 rings (SSSR count). The van der Waals surface area contributed by atoms with Gasteiger partial charge >= 0.3 is 0 Å². The highest BCUT2D eigenvalue weighted by Gasteiger charge is 2.31. The van der Waals surface area contributed by atoms with Gasteiger partial charge in [0, 0.05) is 47.0 Å². The summed E-state index contributed by atoms with van der Waals surface area (Å²) in [6.45, 7) is 0. The summed E-state index contributed by atoms with van der Waals surface area (Å²) in [5, 5.41) is 4.66. The van der Waals surface area contributed by atoms with Crippen LogP contribution in [0.4, 0.5) is 0 Å². The van der Waals surface area contributed by atoms with E-state index < -0.39 is 0 Å². The molecule has 0 aliphatic heterocycles. The molecule has 0 N–H and O–H groups in total. The zero-order valence-electron chi connectivity index (χ0n) is 24.4. The minimum absolute atomic E-state index is 0.815. The number of rotatable bonds is 6. The van der Waals surface area contributed by atoms with Gasteiger partial charge in [-0.2, -0.15) is 0 Å². The predicted octanol–water partition coefficient (Wildman–Crippen LogP) is 5.25. The van der Waals surface area contributed by atoms with Crippen molar-refractivity contribution in [1.82, 2.24) is 9.97 Å². The SMILES string of the molecule is COc1cc2c(cc1-c1cccnc1)=C(c1ccccc1)C1=c3cc(OC)c(-c4cccnc4)cc3=C(c3ccccc3)C=21. The molecule has 4 aromatic carbocycles. The summed E-state index contributed by atoms with van der Waals surface area (Å²) in [4.78, 5) is 8.81. The van der Waals surface area contributed by atoms with Gasteiger partial charge in [0.25, 0.3) is 0 Å². The molecule has 2 aliphatic rings. The monoisotopic (exact) mass is 568 g/mol. The van der Waals surface area contributed by atoms with Gasteiger partial charge in [-0.05, 0) is 90.7 Å². The van der Waals surface area contributed by atoms with Crippen LogP contribution < -0.4 is 30.3 Å². The molecule has 0 saturated heterocycles. The lowest BCUT2D eigenvalue weighted by Crippen LogP contribution is -2.29. The fourth-order valence-electron chi connectivity index (χ4n) is 6.69. The van der Waals surface area contributed by atoms with E-state index in [1.165, 1.54) is 32.7 Å². The molecule has 2 heterocycles. The average Bonchev–Trinajstić information content (AvgIpc) is 3.60. The number of hydrogen-bond donors (Lipinski definition) is 0. The van der Waals surface area contributed by atoms with Crippen LogP contribution in [0.5, 0.6) is 11.5 Å². The number of ether oxygens (including phenoxy) is 2. The third-order valence-electron chi connectivity index (χ3n) is 8.58. The van der Waals surface area contributed by atoms with E-state index in [9.17, 15) is 0 Å². The fraction of sp³-hybridized carbons (Fsp3) is 0.0500. The average molecular weight is 569 g/mol. The second-order valence-corrected chi connectivity index (χ2v) is 10.9. The zero-order chi connectivity index (χ0) is 29.6. The minimum atomic E-state index is 0.815. The Balaban J connectivity index is 1.58. The van der Waals surface area contributed by atoms with Crippen molar-refractivity contribution in [1.29, 1.82) is 0 Å². The Kier molecular flexibility index (Phi) is 6.20. The van der Waals surface area contributed by atoms with Gasteiger partial charge in [0.1, 0.15) is 11.5 Å². The van der Waals surface area contributed by atoms with Crippen molar-refractivity contribution >= 4 is 22.3 Å². The predicted molar refractivity (Wildman–Crippen MR) is 176 cm³/mol. The maximum Gasteiger partial charge on any atom is 0.127 e. The van der Waals surface area contributed by atoms with Crippen molar-refractivity contribution < 1.29 is 9.47 Å². The molecule has 0 atom stereocenters. The Morgan fingerprint density at radius 2 is 0.795 bits per heavy atom. The van der Waals surface area contributed by atoms with Crippen LogP contribution in [0.15, 0.2) is 134 Å². The largest absolute Gasteiger partial charge is 0.496 e. The zero-order valence-corrected chi connectivity index (χ0v) is 24.4. The Bertz CT molecular complexity index is 2150. The third-order valence-corrected chi connectivity index (χ3v) is 8.58. The van der Waals surface area contributed by atoms with Gasteiger partial charge in [0.15, 0.2) is 0 Å². The molecule has 0 saturated carbocycles. The molecule has 6 aromatic rings. The molecule has 0 amide bonds. The number of aromatic nitrogens is 2. The molecule has 44 heavy (non-hydrogen) atoms. The van der Waals surface area contributed by atoms with E-state index in [1.807, 2.05) is 24.5 Å². The summed E-state index contributed by atoms with van der Waals surface area (Å²) in [6, 6.07) is 38.4. The normalized spacial score (nSPS) is 13.0. The van der Waals surface area contributed by atoms with Crippen LogP contribution in [-0.2, 0) is 0 Å². The molecule has 2 aliphatic carbocycles. The number of pyridine rings is 2. The van der Waals surface area contributed by atoms with E-state index in [4.69, 9.17) is 9.47 Å². The number of nitrogens with zero attached hydrogens (tertiary/aromatic N) is 2. The first-order chi connectivity index (χ1) is 21.8. The topological polar surface area (TPSA) is 44.2 Å². The first-order valence-electron chi connectivity index (χ1n) is 14.6. The van der Waals surface area contributed by atoms with Crippen molar-refractivity contribution in [2.24, 2.45) is 0 Å². The van der Waals surface area contributed by atoms with Crippen LogP contribution in [0.2, 0.25) is 0 Å². The molecule has 0 radical (unpaired) electrons. The molecule has 4 nitrogen and oxygen atoms in total. The summed E-state index contributed by atoms with van der Waals surface area (Å²) in [6.07, 6.45) is 7.38. The molecule has 0 fully saturated rings. The second-order valence-electron chi connectivity index (χ2n) is 10.9. The highest BCUT2D eigenvalue weighted by Crippen LogP contribution is 2.41. The van der Waals surface area contributed by atoms with Crippen LogP contribution in [0.25, 0.3) is 44.5 Å². The standard InChI is InChI=1S/C40H28N2O2/c1-43-35-21-33-31(19-29(35)27-15-9-17-41-23-27)37(25-11-5-3-6-12-25)40-34-22-36(44-2)30(28-16-10-18-42-24-28)20-32(34)38(39(33)40)26-13-7-4-8-14-26/h3-24H,1-2H3. The molecular formula is C40H28N2O2. The van der Waals surface area contributed by atoms with Gasteiger partial charge in [-0.25, -0.2) is 0 Å². The molecule has 2 aromatic heterocycles. The van der Waals surface area contributed by atoms with Crippen LogP contribution in [0.3, 0.4) is 0 Å². The fourth-order valence-corrected chi connectivity index (χ4v) is 6.69. The van der Waals surface area contributed by atoms with Gasteiger partial charge in [-0.3, -0.25) is 9.97 Å². The maximum absolute atomic E-state index is 6.05. The quantitative estimate of drug-likeness (QED) is 0.275. The van der Waals surface area contributed by atoms with Gasteiger partial charge in [0.05, 0.1) is 14.2 Å². The lowest BCUT2D eigenvalue weighted by Gasteiger charge is -2.11. The van der Waals surface area contributed by atoms with Crippen molar-refractivity contribution in [2.45, 2.75) is 0 Å². The molecule has 4 heteroatoms. The summed E-state index contributed by atoms with van der Waals surface area (Å²) in [5.41, 5.74) is 11.2. The van der Waals surface area contributed by atoms with Crippen molar-refractivity contribution in [2.75, 3.05) is 14.2 Å². The van der Waals surface area contributed by atoms with Crippen LogP contribution >= 0.6 is 0 Å².